The lowest BCUT2D eigenvalue weighted by Gasteiger charge is -2.06. The molecule has 9 heteroatoms. The minimum atomic E-state index is -4.44. The van der Waals surface area contributed by atoms with Crippen molar-refractivity contribution in [2.75, 3.05) is 0 Å². The fourth-order valence-electron chi connectivity index (χ4n) is 2.12. The number of aryl methyl sites for hydroxylation is 1. The lowest BCUT2D eigenvalue weighted by molar-refractivity contribution is -0.137. The van der Waals surface area contributed by atoms with Gasteiger partial charge in [0.15, 0.2) is 5.82 Å². The van der Waals surface area contributed by atoms with Gasteiger partial charge in [-0.1, -0.05) is 29.8 Å². The van der Waals surface area contributed by atoms with Crippen LogP contribution in [0.5, 0.6) is 0 Å². The highest BCUT2D eigenvalue weighted by atomic mass is 32.2. The Bertz CT molecular complexity index is 992. The summed E-state index contributed by atoms with van der Waals surface area (Å²) in [6.45, 7) is 1.83. The van der Waals surface area contributed by atoms with Crippen molar-refractivity contribution in [2.24, 2.45) is 0 Å². The molecule has 5 nitrogen and oxygen atoms in total. The standard InChI is InChI=1S/C16H12F3N3O2S/c1-11-2-8-14(9-3-11)25(23,24)22-10-20-15(21-22)12-4-6-13(7-5-12)16(17,18)19/h2-10H,1H3. The third-order valence-electron chi connectivity index (χ3n) is 3.51. The number of benzene rings is 2. The Morgan fingerprint density at radius 2 is 1.56 bits per heavy atom. The number of hydrogen-bond acceptors (Lipinski definition) is 4. The topological polar surface area (TPSA) is 64.8 Å². The second-order valence-corrected chi connectivity index (χ2v) is 7.13. The molecule has 0 aliphatic heterocycles. The summed E-state index contributed by atoms with van der Waals surface area (Å²) in [5.41, 5.74) is 0.386. The first-order valence-electron chi connectivity index (χ1n) is 7.09. The van der Waals surface area contributed by atoms with Crippen molar-refractivity contribution in [3.63, 3.8) is 0 Å². The highest BCUT2D eigenvalue weighted by Crippen LogP contribution is 2.30. The molecule has 0 fully saturated rings. The molecule has 0 atom stereocenters. The van der Waals surface area contributed by atoms with Crippen molar-refractivity contribution in [3.05, 3.63) is 66.0 Å². The summed E-state index contributed by atoms with van der Waals surface area (Å²) >= 11 is 0. The minimum Gasteiger partial charge on any atom is -0.214 e. The maximum atomic E-state index is 12.6. The van der Waals surface area contributed by atoms with Gasteiger partial charge in [0.05, 0.1) is 10.5 Å². The molecule has 0 saturated carbocycles. The molecular formula is C16H12F3N3O2S. The average Bonchev–Trinajstić information content (AvgIpc) is 3.05. The Kier molecular flexibility index (Phi) is 4.11. The molecule has 0 amide bonds. The van der Waals surface area contributed by atoms with Crippen molar-refractivity contribution in [1.82, 2.24) is 14.2 Å². The van der Waals surface area contributed by atoms with Crippen LogP contribution in [0, 0.1) is 6.92 Å². The molecule has 0 saturated heterocycles. The van der Waals surface area contributed by atoms with Gasteiger partial charge in [-0.15, -0.1) is 9.19 Å². The SMILES string of the molecule is Cc1ccc(S(=O)(=O)n2cnc(-c3ccc(C(F)(F)F)cc3)n2)cc1. The van der Waals surface area contributed by atoms with E-state index >= 15 is 0 Å². The minimum absolute atomic E-state index is 0.0180. The zero-order valence-corrected chi connectivity index (χ0v) is 13.7. The van der Waals surface area contributed by atoms with E-state index in [0.29, 0.717) is 4.09 Å². The Labute approximate surface area is 141 Å². The van der Waals surface area contributed by atoms with E-state index in [2.05, 4.69) is 10.1 Å². The zero-order chi connectivity index (χ0) is 18.2. The second kappa shape index (κ2) is 5.99. The van der Waals surface area contributed by atoms with Crippen LogP contribution < -0.4 is 0 Å². The third-order valence-corrected chi connectivity index (χ3v) is 5.04. The molecule has 0 spiro atoms. The van der Waals surface area contributed by atoms with Crippen LogP contribution in [-0.2, 0) is 16.2 Å². The fourth-order valence-corrected chi connectivity index (χ4v) is 3.18. The predicted octanol–water partition coefficient (Wildman–Crippen LogP) is 3.51. The van der Waals surface area contributed by atoms with E-state index in [1.807, 2.05) is 6.92 Å². The van der Waals surface area contributed by atoms with Gasteiger partial charge in [-0.2, -0.15) is 21.6 Å². The first-order chi connectivity index (χ1) is 11.7. The van der Waals surface area contributed by atoms with Crippen LogP contribution in [-0.4, -0.2) is 22.6 Å². The highest BCUT2D eigenvalue weighted by Gasteiger charge is 2.30. The molecule has 2 aromatic carbocycles. The van der Waals surface area contributed by atoms with Gasteiger partial charge in [0.2, 0.25) is 0 Å². The van der Waals surface area contributed by atoms with Gasteiger partial charge in [-0.05, 0) is 31.2 Å². The Morgan fingerprint density at radius 1 is 0.960 bits per heavy atom. The molecule has 1 heterocycles. The van der Waals surface area contributed by atoms with Crippen molar-refractivity contribution in [1.29, 1.82) is 0 Å². The summed E-state index contributed by atoms with van der Waals surface area (Å²) in [7, 11) is -3.91. The quantitative estimate of drug-likeness (QED) is 0.711. The highest BCUT2D eigenvalue weighted by molar-refractivity contribution is 7.89. The van der Waals surface area contributed by atoms with Gasteiger partial charge in [0.25, 0.3) is 10.0 Å². The van der Waals surface area contributed by atoms with E-state index in [0.717, 1.165) is 24.0 Å². The first kappa shape index (κ1) is 17.2. The zero-order valence-electron chi connectivity index (χ0n) is 12.9. The second-order valence-electron chi connectivity index (χ2n) is 5.33. The largest absolute Gasteiger partial charge is 0.416 e. The van der Waals surface area contributed by atoms with Crippen LogP contribution in [0.4, 0.5) is 13.2 Å². The molecule has 3 aromatic rings. The molecule has 0 aliphatic rings. The summed E-state index contributed by atoms with van der Waals surface area (Å²) in [5, 5.41) is 3.88. The van der Waals surface area contributed by atoms with Crippen LogP contribution in [0.15, 0.2) is 59.8 Å². The average molecular weight is 367 g/mol. The summed E-state index contributed by atoms with van der Waals surface area (Å²) in [4.78, 5) is 3.92. The number of rotatable bonds is 3. The van der Waals surface area contributed by atoms with Gasteiger partial charge in [-0.3, -0.25) is 0 Å². The number of hydrogen-bond donors (Lipinski definition) is 0. The maximum absolute atomic E-state index is 12.6. The smallest absolute Gasteiger partial charge is 0.214 e. The van der Waals surface area contributed by atoms with Crippen LogP contribution in [0.2, 0.25) is 0 Å². The Hall–Kier alpha value is -2.68. The summed E-state index contributed by atoms with van der Waals surface area (Å²) in [6.07, 6.45) is -3.43. The lowest BCUT2D eigenvalue weighted by Crippen LogP contribution is -2.13. The van der Waals surface area contributed by atoms with E-state index in [4.69, 9.17) is 0 Å². The fraction of sp³-hybridized carbons (Fsp3) is 0.125. The number of aromatic nitrogens is 3. The third kappa shape index (κ3) is 3.41. The van der Waals surface area contributed by atoms with Crippen molar-refractivity contribution in [3.8, 4) is 11.4 Å². The number of halogens is 3. The van der Waals surface area contributed by atoms with E-state index in [1.165, 1.54) is 24.3 Å². The molecule has 0 N–H and O–H groups in total. The van der Waals surface area contributed by atoms with Crippen molar-refractivity contribution in [2.45, 2.75) is 18.0 Å². The van der Waals surface area contributed by atoms with Crippen molar-refractivity contribution >= 4 is 10.0 Å². The molecule has 25 heavy (non-hydrogen) atoms. The maximum Gasteiger partial charge on any atom is 0.416 e. The van der Waals surface area contributed by atoms with Gasteiger partial charge >= 0.3 is 6.18 Å². The number of alkyl halides is 3. The normalized spacial score (nSPS) is 12.3. The molecular weight excluding hydrogens is 355 g/mol. The molecule has 130 valence electrons. The summed E-state index contributed by atoms with van der Waals surface area (Å²) < 4.78 is 63.4. The molecule has 0 unspecified atom stereocenters. The van der Waals surface area contributed by atoms with Gasteiger partial charge in [0, 0.05) is 5.56 Å². The van der Waals surface area contributed by atoms with Gasteiger partial charge in [-0.25, -0.2) is 4.98 Å². The lowest BCUT2D eigenvalue weighted by atomic mass is 10.1. The summed E-state index contributed by atoms with van der Waals surface area (Å²) in [5.74, 6) is 0.0180. The van der Waals surface area contributed by atoms with Gasteiger partial charge in [0.1, 0.15) is 6.33 Å². The van der Waals surface area contributed by atoms with Crippen LogP contribution in [0.3, 0.4) is 0 Å². The van der Waals surface area contributed by atoms with Crippen LogP contribution >= 0.6 is 0 Å². The van der Waals surface area contributed by atoms with Crippen LogP contribution in [0.25, 0.3) is 11.4 Å². The first-order valence-corrected chi connectivity index (χ1v) is 8.53. The van der Waals surface area contributed by atoms with E-state index in [-0.39, 0.29) is 16.3 Å². The molecule has 0 radical (unpaired) electrons. The molecule has 1 aromatic heterocycles. The molecule has 0 aliphatic carbocycles. The Morgan fingerprint density at radius 3 is 2.12 bits per heavy atom. The van der Waals surface area contributed by atoms with E-state index in [1.54, 1.807) is 12.1 Å². The monoisotopic (exact) mass is 367 g/mol. The Balaban J connectivity index is 1.93. The van der Waals surface area contributed by atoms with Crippen LogP contribution in [0.1, 0.15) is 11.1 Å². The van der Waals surface area contributed by atoms with Crippen molar-refractivity contribution < 1.29 is 21.6 Å². The number of nitrogens with zero attached hydrogens (tertiary/aromatic N) is 3. The van der Waals surface area contributed by atoms with Gasteiger partial charge < -0.3 is 0 Å². The van der Waals surface area contributed by atoms with E-state index in [9.17, 15) is 21.6 Å². The van der Waals surface area contributed by atoms with E-state index < -0.39 is 21.8 Å². The molecule has 3 rings (SSSR count). The molecule has 0 bridgehead atoms. The predicted molar refractivity (Wildman–Crippen MR) is 84.2 cm³/mol. The summed E-state index contributed by atoms with van der Waals surface area (Å²) in [6, 6.07) is 10.4.